The van der Waals surface area contributed by atoms with Gasteiger partial charge in [0.25, 0.3) is 0 Å². The van der Waals surface area contributed by atoms with Crippen LogP contribution in [0.2, 0.25) is 0 Å². The van der Waals surface area contributed by atoms with E-state index in [1.807, 2.05) is 0 Å². The summed E-state index contributed by atoms with van der Waals surface area (Å²) in [4.78, 5) is 0. The van der Waals surface area contributed by atoms with Crippen LogP contribution in [0.15, 0.2) is 24.3 Å². The van der Waals surface area contributed by atoms with Gasteiger partial charge in [-0.25, -0.2) is 0 Å². The fraction of sp³-hybridized carbons (Fsp3) is 0.500. The third-order valence-corrected chi connectivity index (χ3v) is 2.84. The topological polar surface area (TPSA) is 142 Å². The van der Waals surface area contributed by atoms with Crippen molar-refractivity contribution < 1.29 is 35.7 Å². The Labute approximate surface area is 109 Å². The average molecular weight is 274 g/mol. The fourth-order valence-corrected chi connectivity index (χ4v) is 1.59. The zero-order chi connectivity index (χ0) is 14.6. The van der Waals surface area contributed by atoms with Crippen LogP contribution in [0.3, 0.4) is 0 Å². The SMILES string of the molecule is OC[C@@H](O)[C@@H](O)[C@H](O)[C@@H](O)C(O)c1ccc(O)cc1. The molecule has 7 nitrogen and oxygen atoms in total. The van der Waals surface area contributed by atoms with Crippen LogP contribution in [0.4, 0.5) is 0 Å². The molecule has 0 aliphatic heterocycles. The summed E-state index contributed by atoms with van der Waals surface area (Å²) in [6, 6.07) is 5.25. The van der Waals surface area contributed by atoms with Gasteiger partial charge in [-0.2, -0.15) is 0 Å². The Bertz CT molecular complexity index is 380. The van der Waals surface area contributed by atoms with Gasteiger partial charge in [-0.05, 0) is 17.7 Å². The van der Waals surface area contributed by atoms with Crippen molar-refractivity contribution in [1.29, 1.82) is 0 Å². The highest BCUT2D eigenvalue weighted by atomic mass is 16.4. The summed E-state index contributed by atoms with van der Waals surface area (Å²) in [5.74, 6) is -0.0262. The molecule has 0 spiro atoms. The van der Waals surface area contributed by atoms with Crippen molar-refractivity contribution in [3.05, 3.63) is 29.8 Å². The lowest BCUT2D eigenvalue weighted by Gasteiger charge is -2.28. The number of rotatable bonds is 6. The maximum Gasteiger partial charge on any atom is 0.115 e. The predicted octanol–water partition coefficient (Wildman–Crippen LogP) is -2.14. The van der Waals surface area contributed by atoms with E-state index in [9.17, 15) is 20.4 Å². The molecule has 0 aliphatic rings. The van der Waals surface area contributed by atoms with Gasteiger partial charge in [0.05, 0.1) is 6.61 Å². The lowest BCUT2D eigenvalue weighted by atomic mass is 9.95. The second-order valence-electron chi connectivity index (χ2n) is 4.26. The summed E-state index contributed by atoms with van der Waals surface area (Å²) in [5.41, 5.74) is 0.218. The molecular formula is C12H18O7. The van der Waals surface area contributed by atoms with E-state index in [1.165, 1.54) is 24.3 Å². The van der Waals surface area contributed by atoms with Crippen molar-refractivity contribution in [1.82, 2.24) is 0 Å². The first kappa shape index (κ1) is 15.8. The van der Waals surface area contributed by atoms with Gasteiger partial charge in [0, 0.05) is 0 Å². The number of benzene rings is 1. The molecule has 0 amide bonds. The molecule has 0 saturated heterocycles. The van der Waals surface area contributed by atoms with Crippen LogP contribution in [-0.2, 0) is 0 Å². The smallest absolute Gasteiger partial charge is 0.115 e. The summed E-state index contributed by atoms with van der Waals surface area (Å²) < 4.78 is 0. The third kappa shape index (κ3) is 3.87. The molecular weight excluding hydrogens is 256 g/mol. The first-order valence-electron chi connectivity index (χ1n) is 5.68. The number of hydrogen-bond donors (Lipinski definition) is 7. The minimum absolute atomic E-state index is 0.0262. The van der Waals surface area contributed by atoms with Crippen LogP contribution in [0.1, 0.15) is 11.7 Å². The van der Waals surface area contributed by atoms with Crippen molar-refractivity contribution in [2.45, 2.75) is 30.5 Å². The van der Waals surface area contributed by atoms with Crippen LogP contribution in [0.25, 0.3) is 0 Å². The Kier molecular flexibility index (Phi) is 5.67. The first-order valence-corrected chi connectivity index (χ1v) is 5.68. The van der Waals surface area contributed by atoms with Crippen LogP contribution >= 0.6 is 0 Å². The molecule has 0 bridgehead atoms. The first-order chi connectivity index (χ1) is 8.88. The largest absolute Gasteiger partial charge is 0.508 e. The molecule has 0 aromatic heterocycles. The minimum atomic E-state index is -1.84. The summed E-state index contributed by atoms with van der Waals surface area (Å²) in [5, 5.41) is 65.4. The lowest BCUT2D eigenvalue weighted by Crippen LogP contribution is -2.47. The molecule has 1 unspecified atom stereocenters. The van der Waals surface area contributed by atoms with Gasteiger partial charge in [0.15, 0.2) is 0 Å². The molecule has 5 atom stereocenters. The summed E-state index contributed by atoms with van der Waals surface area (Å²) in [6.45, 7) is -0.791. The van der Waals surface area contributed by atoms with Gasteiger partial charge in [0.1, 0.15) is 36.3 Å². The van der Waals surface area contributed by atoms with E-state index >= 15 is 0 Å². The monoisotopic (exact) mass is 274 g/mol. The Morgan fingerprint density at radius 3 is 1.79 bits per heavy atom. The number of hydrogen-bond acceptors (Lipinski definition) is 7. The second kappa shape index (κ2) is 6.80. The number of phenols is 1. The molecule has 0 radical (unpaired) electrons. The Balaban J connectivity index is 2.75. The Morgan fingerprint density at radius 2 is 1.32 bits per heavy atom. The van der Waals surface area contributed by atoms with E-state index in [0.29, 0.717) is 0 Å². The molecule has 1 aromatic carbocycles. The zero-order valence-electron chi connectivity index (χ0n) is 10.0. The molecule has 19 heavy (non-hydrogen) atoms. The van der Waals surface area contributed by atoms with Crippen LogP contribution < -0.4 is 0 Å². The van der Waals surface area contributed by atoms with Crippen molar-refractivity contribution >= 4 is 0 Å². The maximum absolute atomic E-state index is 9.81. The van der Waals surface area contributed by atoms with Crippen molar-refractivity contribution in [3.63, 3.8) is 0 Å². The van der Waals surface area contributed by atoms with Gasteiger partial charge >= 0.3 is 0 Å². The van der Waals surface area contributed by atoms with Crippen molar-refractivity contribution in [2.75, 3.05) is 6.61 Å². The highest BCUT2D eigenvalue weighted by Gasteiger charge is 2.34. The highest BCUT2D eigenvalue weighted by Crippen LogP contribution is 2.23. The van der Waals surface area contributed by atoms with Crippen LogP contribution in [0, 0.1) is 0 Å². The van der Waals surface area contributed by atoms with Crippen LogP contribution in [-0.4, -0.2) is 66.8 Å². The summed E-state index contributed by atoms with van der Waals surface area (Å²) in [6.07, 6.45) is -8.55. The van der Waals surface area contributed by atoms with Gasteiger partial charge in [-0.1, -0.05) is 12.1 Å². The summed E-state index contributed by atoms with van der Waals surface area (Å²) in [7, 11) is 0. The molecule has 1 rings (SSSR count). The van der Waals surface area contributed by atoms with E-state index in [4.69, 9.17) is 15.3 Å². The average Bonchev–Trinajstić information content (AvgIpc) is 2.44. The number of phenolic OH excluding ortho intramolecular Hbond substituents is 1. The zero-order valence-corrected chi connectivity index (χ0v) is 10.0. The maximum atomic E-state index is 9.81. The van der Waals surface area contributed by atoms with E-state index in [1.54, 1.807) is 0 Å². The van der Waals surface area contributed by atoms with E-state index < -0.39 is 37.1 Å². The van der Waals surface area contributed by atoms with Crippen molar-refractivity contribution in [2.24, 2.45) is 0 Å². The molecule has 7 heteroatoms. The van der Waals surface area contributed by atoms with Gasteiger partial charge in [-0.15, -0.1) is 0 Å². The predicted molar refractivity (Wildman–Crippen MR) is 64.2 cm³/mol. The Morgan fingerprint density at radius 1 is 0.789 bits per heavy atom. The standard InChI is InChI=1S/C12H18O7/c13-5-8(15)10(17)12(19)11(18)9(16)6-1-3-7(14)4-2-6/h1-4,8-19H,5H2/t8-,9?,10-,11+,12+/m1/s1. The lowest BCUT2D eigenvalue weighted by molar-refractivity contribution is -0.141. The van der Waals surface area contributed by atoms with E-state index in [2.05, 4.69) is 0 Å². The Hall–Kier alpha value is -1.22. The van der Waals surface area contributed by atoms with Gasteiger partial charge in [-0.3, -0.25) is 0 Å². The molecule has 1 aromatic rings. The van der Waals surface area contributed by atoms with E-state index in [-0.39, 0.29) is 11.3 Å². The number of aliphatic hydroxyl groups excluding tert-OH is 6. The van der Waals surface area contributed by atoms with Gasteiger partial charge < -0.3 is 35.7 Å². The number of aromatic hydroxyl groups is 1. The minimum Gasteiger partial charge on any atom is -0.508 e. The molecule has 0 fully saturated rings. The normalized spacial score (nSPS) is 19.5. The van der Waals surface area contributed by atoms with Crippen LogP contribution in [0.5, 0.6) is 5.75 Å². The number of aliphatic hydroxyl groups is 6. The fourth-order valence-electron chi connectivity index (χ4n) is 1.59. The van der Waals surface area contributed by atoms with Crippen molar-refractivity contribution in [3.8, 4) is 5.75 Å². The second-order valence-corrected chi connectivity index (χ2v) is 4.26. The summed E-state index contributed by atoms with van der Waals surface area (Å²) >= 11 is 0. The molecule has 0 saturated carbocycles. The molecule has 0 heterocycles. The quantitative estimate of drug-likeness (QED) is 0.314. The molecule has 7 N–H and O–H groups in total. The molecule has 108 valence electrons. The highest BCUT2D eigenvalue weighted by molar-refractivity contribution is 5.27. The van der Waals surface area contributed by atoms with E-state index in [0.717, 1.165) is 0 Å². The van der Waals surface area contributed by atoms with Gasteiger partial charge in [0.2, 0.25) is 0 Å². The molecule has 0 aliphatic carbocycles. The third-order valence-electron chi connectivity index (χ3n) is 2.84.